The molecule has 30 heavy (non-hydrogen) atoms. The van der Waals surface area contributed by atoms with Crippen molar-refractivity contribution in [2.45, 2.75) is 52.3 Å². The van der Waals surface area contributed by atoms with E-state index in [1.165, 1.54) is 5.56 Å². The highest BCUT2D eigenvalue weighted by Gasteiger charge is 2.19. The average Bonchev–Trinajstić information content (AvgIpc) is 3.09. The number of furan rings is 1. The molecule has 0 atom stereocenters. The summed E-state index contributed by atoms with van der Waals surface area (Å²) in [6.45, 7) is 9.56. The zero-order chi connectivity index (χ0) is 21.2. The highest BCUT2D eigenvalue weighted by atomic mass is 16.5. The van der Waals surface area contributed by atoms with Crippen LogP contribution in [0.3, 0.4) is 0 Å². The first-order valence-electron chi connectivity index (χ1n) is 11.0. The van der Waals surface area contributed by atoms with E-state index in [4.69, 9.17) is 9.15 Å². The Labute approximate surface area is 180 Å². The molecular weight excluding hydrogens is 376 g/mol. The Morgan fingerprint density at radius 2 is 1.93 bits per heavy atom. The number of rotatable bonds is 9. The average molecular weight is 413 g/mol. The van der Waals surface area contributed by atoms with Crippen LogP contribution in [0.15, 0.2) is 45.8 Å². The molecule has 0 unspecified atom stereocenters. The van der Waals surface area contributed by atoms with Gasteiger partial charge in [0.2, 0.25) is 0 Å². The topological polar surface area (TPSA) is 62.0 Å². The molecular formula is C24H36N4O2. The lowest BCUT2D eigenvalue weighted by Gasteiger charge is -2.32. The molecule has 0 saturated carbocycles. The minimum absolute atomic E-state index is 0.391. The van der Waals surface area contributed by atoms with Gasteiger partial charge >= 0.3 is 0 Å². The zero-order valence-corrected chi connectivity index (χ0v) is 18.6. The molecule has 0 radical (unpaired) electrons. The van der Waals surface area contributed by atoms with Crippen LogP contribution < -0.4 is 10.6 Å². The number of likely N-dealkylation sites (tertiary alicyclic amines) is 1. The molecule has 2 aromatic rings. The molecule has 1 aromatic heterocycles. The van der Waals surface area contributed by atoms with Crippen LogP contribution in [0.1, 0.15) is 41.9 Å². The molecule has 1 aromatic carbocycles. The van der Waals surface area contributed by atoms with E-state index in [0.29, 0.717) is 12.6 Å². The molecule has 1 aliphatic heterocycles. The fourth-order valence-corrected chi connectivity index (χ4v) is 3.86. The van der Waals surface area contributed by atoms with Crippen LogP contribution in [0.25, 0.3) is 0 Å². The fraction of sp³-hybridized carbons (Fsp3) is 0.542. The Balaban J connectivity index is 1.25. The van der Waals surface area contributed by atoms with Gasteiger partial charge in [0, 0.05) is 51.9 Å². The van der Waals surface area contributed by atoms with Crippen molar-refractivity contribution >= 4 is 5.96 Å². The van der Waals surface area contributed by atoms with Gasteiger partial charge in [-0.05, 0) is 44.7 Å². The van der Waals surface area contributed by atoms with Gasteiger partial charge in [0.1, 0.15) is 11.5 Å². The number of guanidine groups is 1. The maximum atomic E-state index is 6.11. The van der Waals surface area contributed by atoms with Crippen molar-refractivity contribution in [2.75, 3.05) is 33.3 Å². The predicted molar refractivity (Wildman–Crippen MR) is 122 cm³/mol. The van der Waals surface area contributed by atoms with Crippen molar-refractivity contribution in [2.24, 2.45) is 4.99 Å². The number of benzene rings is 1. The number of nitrogens with zero attached hydrogens (tertiary/aromatic N) is 2. The summed E-state index contributed by atoms with van der Waals surface area (Å²) in [5.74, 6) is 2.71. The minimum atomic E-state index is 0.391. The molecule has 1 fully saturated rings. The Kier molecular flexibility index (Phi) is 8.78. The van der Waals surface area contributed by atoms with Gasteiger partial charge in [0.25, 0.3) is 0 Å². The summed E-state index contributed by atoms with van der Waals surface area (Å²) >= 11 is 0. The molecule has 2 N–H and O–H groups in total. The van der Waals surface area contributed by atoms with Gasteiger partial charge in [0.15, 0.2) is 5.96 Å². The first-order valence-corrected chi connectivity index (χ1v) is 11.0. The molecule has 3 rings (SSSR count). The number of aryl methyl sites for hydroxylation is 2. The fourth-order valence-electron chi connectivity index (χ4n) is 3.86. The first kappa shape index (κ1) is 22.4. The highest BCUT2D eigenvalue weighted by molar-refractivity contribution is 5.79. The van der Waals surface area contributed by atoms with Gasteiger partial charge < -0.3 is 19.8 Å². The number of nitrogens with one attached hydrogen (secondary N) is 2. The third kappa shape index (κ3) is 7.18. The van der Waals surface area contributed by atoms with Crippen molar-refractivity contribution in [1.82, 2.24) is 15.5 Å². The number of piperidine rings is 1. The van der Waals surface area contributed by atoms with Crippen LogP contribution in [0.4, 0.5) is 0 Å². The Bertz CT molecular complexity index is 780. The van der Waals surface area contributed by atoms with Gasteiger partial charge in [-0.2, -0.15) is 0 Å². The molecule has 0 amide bonds. The number of hydrogen-bond acceptors (Lipinski definition) is 4. The minimum Gasteiger partial charge on any atom is -0.466 e. The summed E-state index contributed by atoms with van der Waals surface area (Å²) in [7, 11) is 1.79. The molecule has 6 nitrogen and oxygen atoms in total. The smallest absolute Gasteiger partial charge is 0.191 e. The molecule has 1 saturated heterocycles. The first-order chi connectivity index (χ1) is 14.6. The predicted octanol–water partition coefficient (Wildman–Crippen LogP) is 3.63. The van der Waals surface area contributed by atoms with E-state index in [-0.39, 0.29) is 0 Å². The molecule has 2 heterocycles. The number of hydrogen-bond donors (Lipinski definition) is 2. The standard InChI is InChI=1S/C24H36N4O2/c1-19-16-22(20(2)30-19)17-27-24(25-3)26-12-7-15-29-23-10-13-28(14-11-23)18-21-8-5-4-6-9-21/h4-6,8-9,16,23H,7,10-15,17-18H2,1-3H3,(H2,25,26,27). The Morgan fingerprint density at radius 1 is 1.17 bits per heavy atom. The summed E-state index contributed by atoms with van der Waals surface area (Å²) in [6.07, 6.45) is 3.59. The Morgan fingerprint density at radius 3 is 2.60 bits per heavy atom. The second kappa shape index (κ2) is 11.8. The maximum absolute atomic E-state index is 6.11. The lowest BCUT2D eigenvalue weighted by Crippen LogP contribution is -2.38. The van der Waals surface area contributed by atoms with Crippen LogP contribution in [0.2, 0.25) is 0 Å². The van der Waals surface area contributed by atoms with Crippen molar-refractivity contribution < 1.29 is 9.15 Å². The van der Waals surface area contributed by atoms with E-state index in [1.54, 1.807) is 7.05 Å². The summed E-state index contributed by atoms with van der Waals surface area (Å²) in [5, 5.41) is 6.70. The quantitative estimate of drug-likeness (QED) is 0.374. The van der Waals surface area contributed by atoms with E-state index in [2.05, 4.69) is 56.9 Å². The van der Waals surface area contributed by atoms with Crippen molar-refractivity contribution in [3.8, 4) is 0 Å². The maximum Gasteiger partial charge on any atom is 0.191 e. The highest BCUT2D eigenvalue weighted by Crippen LogP contribution is 2.16. The Hall–Kier alpha value is -2.31. The van der Waals surface area contributed by atoms with Crippen molar-refractivity contribution in [3.05, 3.63) is 59.0 Å². The molecule has 6 heteroatoms. The summed E-state index contributed by atoms with van der Waals surface area (Å²) in [5.41, 5.74) is 2.56. The largest absolute Gasteiger partial charge is 0.466 e. The summed E-state index contributed by atoms with van der Waals surface area (Å²) in [4.78, 5) is 6.81. The molecule has 1 aliphatic rings. The van der Waals surface area contributed by atoms with Gasteiger partial charge in [-0.1, -0.05) is 30.3 Å². The lowest BCUT2D eigenvalue weighted by molar-refractivity contribution is 0.00534. The lowest BCUT2D eigenvalue weighted by atomic mass is 10.1. The van der Waals surface area contributed by atoms with Crippen molar-refractivity contribution in [1.29, 1.82) is 0 Å². The molecule has 0 bridgehead atoms. The van der Waals surface area contributed by atoms with Gasteiger partial charge in [-0.25, -0.2) is 0 Å². The van der Waals surface area contributed by atoms with Crippen LogP contribution in [-0.4, -0.2) is 50.3 Å². The van der Waals surface area contributed by atoms with Gasteiger partial charge in [0.05, 0.1) is 6.10 Å². The molecule has 164 valence electrons. The van der Waals surface area contributed by atoms with Crippen LogP contribution >= 0.6 is 0 Å². The number of aliphatic imine (C=N–C) groups is 1. The monoisotopic (exact) mass is 412 g/mol. The van der Waals surface area contributed by atoms with Gasteiger partial charge in [-0.3, -0.25) is 9.89 Å². The second-order valence-electron chi connectivity index (χ2n) is 7.98. The summed E-state index contributed by atoms with van der Waals surface area (Å²) in [6, 6.07) is 12.8. The van der Waals surface area contributed by atoms with Crippen LogP contribution in [0.5, 0.6) is 0 Å². The van der Waals surface area contributed by atoms with Crippen molar-refractivity contribution in [3.63, 3.8) is 0 Å². The van der Waals surface area contributed by atoms with E-state index < -0.39 is 0 Å². The van der Waals surface area contributed by atoms with E-state index in [9.17, 15) is 0 Å². The summed E-state index contributed by atoms with van der Waals surface area (Å²) < 4.78 is 11.7. The normalized spacial score (nSPS) is 16.0. The third-order valence-electron chi connectivity index (χ3n) is 5.56. The zero-order valence-electron chi connectivity index (χ0n) is 18.6. The van der Waals surface area contributed by atoms with E-state index in [1.807, 2.05) is 13.8 Å². The molecule has 0 aliphatic carbocycles. The van der Waals surface area contributed by atoms with Crippen LogP contribution in [0, 0.1) is 13.8 Å². The third-order valence-corrected chi connectivity index (χ3v) is 5.56. The number of ether oxygens (including phenoxy) is 1. The SMILES string of the molecule is CN=C(NCCCOC1CCN(Cc2ccccc2)CC1)NCc1cc(C)oc1C. The van der Waals surface area contributed by atoms with Crippen LogP contribution in [-0.2, 0) is 17.8 Å². The molecule has 0 spiro atoms. The van der Waals surface area contributed by atoms with Gasteiger partial charge in [-0.15, -0.1) is 0 Å². The van der Waals surface area contributed by atoms with E-state index >= 15 is 0 Å². The second-order valence-corrected chi connectivity index (χ2v) is 7.98. The van der Waals surface area contributed by atoms with E-state index in [0.717, 1.165) is 75.1 Å².